The molecule has 0 bridgehead atoms. The Bertz CT molecular complexity index is 775. The summed E-state index contributed by atoms with van der Waals surface area (Å²) < 4.78 is 57.2. The van der Waals surface area contributed by atoms with Gasteiger partial charge in [-0.05, 0) is 61.2 Å². The number of hydrogen-bond donors (Lipinski definition) is 1. The average Bonchev–Trinajstić information content (AvgIpc) is 2.68. The van der Waals surface area contributed by atoms with Gasteiger partial charge >= 0.3 is 6.18 Å². The van der Waals surface area contributed by atoms with E-state index in [0.29, 0.717) is 43.9 Å². The molecule has 8 heteroatoms. The van der Waals surface area contributed by atoms with Gasteiger partial charge < -0.3 is 14.7 Å². The SMILES string of the molecule is Cl.OC1(c2cccc(C(F)(F)F)c2)CCN(CCCOc2ccc(F)cc2)CC1. The van der Waals surface area contributed by atoms with Gasteiger partial charge in [0.1, 0.15) is 11.6 Å². The molecule has 1 saturated heterocycles. The van der Waals surface area contributed by atoms with Crippen LogP contribution in [0.1, 0.15) is 30.4 Å². The fourth-order valence-corrected chi connectivity index (χ4v) is 3.43. The van der Waals surface area contributed by atoms with Gasteiger partial charge in [-0.3, -0.25) is 0 Å². The van der Waals surface area contributed by atoms with Crippen molar-refractivity contribution in [2.24, 2.45) is 0 Å². The second-order valence-corrected chi connectivity index (χ2v) is 7.11. The summed E-state index contributed by atoms with van der Waals surface area (Å²) in [5.74, 6) is 0.299. The summed E-state index contributed by atoms with van der Waals surface area (Å²) in [6.45, 7) is 2.45. The third-order valence-corrected chi connectivity index (χ3v) is 5.11. The fourth-order valence-electron chi connectivity index (χ4n) is 3.43. The van der Waals surface area contributed by atoms with Crippen LogP contribution in [-0.2, 0) is 11.8 Å². The molecule has 1 aliphatic rings. The Morgan fingerprint density at radius 3 is 2.31 bits per heavy atom. The summed E-state index contributed by atoms with van der Waals surface area (Å²) in [4.78, 5) is 2.16. The van der Waals surface area contributed by atoms with E-state index in [4.69, 9.17) is 4.74 Å². The molecule has 1 fully saturated rings. The van der Waals surface area contributed by atoms with Gasteiger partial charge in [0, 0.05) is 19.6 Å². The Morgan fingerprint density at radius 1 is 1.03 bits per heavy atom. The molecule has 160 valence electrons. The lowest BCUT2D eigenvalue weighted by Gasteiger charge is -2.38. The van der Waals surface area contributed by atoms with Crippen LogP contribution in [0.3, 0.4) is 0 Å². The third kappa shape index (κ3) is 6.32. The lowest BCUT2D eigenvalue weighted by atomic mass is 9.83. The second kappa shape index (κ2) is 9.78. The van der Waals surface area contributed by atoms with Crippen LogP contribution in [0.2, 0.25) is 0 Å². The van der Waals surface area contributed by atoms with E-state index in [1.54, 1.807) is 18.2 Å². The van der Waals surface area contributed by atoms with Crippen molar-refractivity contribution >= 4 is 12.4 Å². The van der Waals surface area contributed by atoms with Crippen LogP contribution in [0.15, 0.2) is 48.5 Å². The van der Waals surface area contributed by atoms with E-state index in [2.05, 4.69) is 4.90 Å². The maximum absolute atomic E-state index is 12.9. The molecule has 1 N–H and O–H groups in total. The summed E-state index contributed by atoms with van der Waals surface area (Å²) in [6, 6.07) is 10.8. The van der Waals surface area contributed by atoms with E-state index in [1.807, 2.05) is 0 Å². The first-order valence-corrected chi connectivity index (χ1v) is 9.27. The first-order valence-electron chi connectivity index (χ1n) is 9.27. The lowest BCUT2D eigenvalue weighted by molar-refractivity contribution is -0.137. The molecule has 0 saturated carbocycles. The molecular weight excluding hydrogens is 410 g/mol. The van der Waals surface area contributed by atoms with Gasteiger partial charge in [-0.25, -0.2) is 4.39 Å². The van der Waals surface area contributed by atoms with Gasteiger partial charge in [0.05, 0.1) is 17.8 Å². The molecule has 0 spiro atoms. The van der Waals surface area contributed by atoms with Crippen molar-refractivity contribution < 1.29 is 27.4 Å². The number of alkyl halides is 3. The van der Waals surface area contributed by atoms with Crippen molar-refractivity contribution in [1.82, 2.24) is 4.90 Å². The van der Waals surface area contributed by atoms with Crippen LogP contribution >= 0.6 is 12.4 Å². The zero-order chi connectivity index (χ0) is 20.2. The zero-order valence-corrected chi connectivity index (χ0v) is 16.6. The standard InChI is InChI=1S/C21H23F4NO2.ClH/c22-18-5-7-19(8-6-18)28-14-2-11-26-12-9-20(27,10-13-26)16-3-1-4-17(15-16)21(23,24)25;/h1,3-8,15,27H,2,9-14H2;1H. The summed E-state index contributed by atoms with van der Waals surface area (Å²) in [7, 11) is 0. The molecule has 0 radical (unpaired) electrons. The predicted octanol–water partition coefficient (Wildman–Crippen LogP) is 5.02. The summed E-state index contributed by atoms with van der Waals surface area (Å²) in [5.41, 5.74) is -1.65. The van der Waals surface area contributed by atoms with Gasteiger partial charge in [0.2, 0.25) is 0 Å². The predicted molar refractivity (Wildman–Crippen MR) is 105 cm³/mol. The van der Waals surface area contributed by atoms with E-state index >= 15 is 0 Å². The molecule has 1 aliphatic heterocycles. The Morgan fingerprint density at radius 2 is 1.69 bits per heavy atom. The Hall–Kier alpha value is -1.83. The van der Waals surface area contributed by atoms with Crippen molar-refractivity contribution in [3.05, 3.63) is 65.5 Å². The molecule has 2 aromatic rings. The van der Waals surface area contributed by atoms with Gasteiger partial charge in [-0.1, -0.05) is 12.1 Å². The van der Waals surface area contributed by atoms with Crippen molar-refractivity contribution in [1.29, 1.82) is 0 Å². The molecule has 1 heterocycles. The van der Waals surface area contributed by atoms with Gasteiger partial charge in [-0.2, -0.15) is 13.2 Å². The minimum Gasteiger partial charge on any atom is -0.494 e. The van der Waals surface area contributed by atoms with Crippen LogP contribution in [0.4, 0.5) is 17.6 Å². The molecule has 0 aromatic heterocycles. The molecule has 0 unspecified atom stereocenters. The number of aliphatic hydroxyl groups is 1. The molecule has 0 amide bonds. The molecule has 3 rings (SSSR count). The van der Waals surface area contributed by atoms with E-state index < -0.39 is 17.3 Å². The minimum absolute atomic E-state index is 0. The van der Waals surface area contributed by atoms with Crippen LogP contribution < -0.4 is 4.74 Å². The van der Waals surface area contributed by atoms with Crippen molar-refractivity contribution in [2.75, 3.05) is 26.2 Å². The maximum atomic E-state index is 12.9. The number of halogens is 5. The third-order valence-electron chi connectivity index (χ3n) is 5.11. The average molecular weight is 434 g/mol. The first kappa shape index (κ1) is 23.4. The normalized spacial score (nSPS) is 16.9. The van der Waals surface area contributed by atoms with Crippen LogP contribution in [0.5, 0.6) is 5.75 Å². The number of benzene rings is 2. The van der Waals surface area contributed by atoms with Gasteiger partial charge in [-0.15, -0.1) is 12.4 Å². The smallest absolute Gasteiger partial charge is 0.416 e. The molecule has 29 heavy (non-hydrogen) atoms. The first-order chi connectivity index (χ1) is 13.3. The highest BCUT2D eigenvalue weighted by Crippen LogP contribution is 2.36. The quantitative estimate of drug-likeness (QED) is 0.513. The number of hydrogen-bond acceptors (Lipinski definition) is 3. The van der Waals surface area contributed by atoms with E-state index in [1.165, 1.54) is 18.2 Å². The topological polar surface area (TPSA) is 32.7 Å². The van der Waals surface area contributed by atoms with E-state index in [0.717, 1.165) is 25.1 Å². The number of nitrogens with zero attached hydrogens (tertiary/aromatic N) is 1. The monoisotopic (exact) mass is 433 g/mol. The van der Waals surface area contributed by atoms with Crippen LogP contribution in [-0.4, -0.2) is 36.2 Å². The van der Waals surface area contributed by atoms with Crippen molar-refractivity contribution in [3.8, 4) is 5.75 Å². The maximum Gasteiger partial charge on any atom is 0.416 e. The number of ether oxygens (including phenoxy) is 1. The molecule has 2 aromatic carbocycles. The van der Waals surface area contributed by atoms with E-state index in [-0.39, 0.29) is 18.2 Å². The fraction of sp³-hybridized carbons (Fsp3) is 0.429. The number of rotatable bonds is 6. The summed E-state index contributed by atoms with van der Waals surface area (Å²) >= 11 is 0. The van der Waals surface area contributed by atoms with E-state index in [9.17, 15) is 22.7 Å². The summed E-state index contributed by atoms with van der Waals surface area (Å²) in [6.07, 6.45) is -2.89. The Balaban J connectivity index is 0.00000300. The van der Waals surface area contributed by atoms with Crippen molar-refractivity contribution in [3.63, 3.8) is 0 Å². The number of piperidine rings is 1. The summed E-state index contributed by atoms with van der Waals surface area (Å²) in [5, 5.41) is 10.8. The Labute approximate surface area is 173 Å². The number of likely N-dealkylation sites (tertiary alicyclic amines) is 1. The highest BCUT2D eigenvalue weighted by Gasteiger charge is 2.36. The van der Waals surface area contributed by atoms with Crippen LogP contribution in [0, 0.1) is 5.82 Å². The Kier molecular flexibility index (Phi) is 7.91. The van der Waals surface area contributed by atoms with Crippen molar-refractivity contribution in [2.45, 2.75) is 31.0 Å². The second-order valence-electron chi connectivity index (χ2n) is 7.11. The molecule has 0 atom stereocenters. The van der Waals surface area contributed by atoms with Gasteiger partial charge in [0.25, 0.3) is 0 Å². The molecule has 3 nitrogen and oxygen atoms in total. The van der Waals surface area contributed by atoms with Gasteiger partial charge in [0.15, 0.2) is 0 Å². The molecular formula is C21H24ClF4NO2. The lowest BCUT2D eigenvalue weighted by Crippen LogP contribution is -2.43. The highest BCUT2D eigenvalue weighted by atomic mass is 35.5. The van der Waals surface area contributed by atoms with Crippen LogP contribution in [0.25, 0.3) is 0 Å². The highest BCUT2D eigenvalue weighted by molar-refractivity contribution is 5.85. The molecule has 0 aliphatic carbocycles. The minimum atomic E-state index is -4.42. The zero-order valence-electron chi connectivity index (χ0n) is 15.8. The largest absolute Gasteiger partial charge is 0.494 e.